The Bertz CT molecular complexity index is 1030. The number of pyridine rings is 1. The predicted octanol–water partition coefficient (Wildman–Crippen LogP) is 5.36. The molecule has 0 aliphatic carbocycles. The maximum atomic E-state index is 12.8. The first-order valence-corrected chi connectivity index (χ1v) is 11.0. The van der Waals surface area contributed by atoms with Gasteiger partial charge in [-0.1, -0.05) is 18.2 Å². The van der Waals surface area contributed by atoms with Crippen LogP contribution in [-0.2, 0) is 6.42 Å². The van der Waals surface area contributed by atoms with E-state index in [0.717, 1.165) is 27.2 Å². The Kier molecular flexibility index (Phi) is 8.29. The van der Waals surface area contributed by atoms with Crippen molar-refractivity contribution in [3.05, 3.63) is 76.4 Å². The first-order chi connectivity index (χ1) is 15.1. The lowest BCUT2D eigenvalue weighted by Crippen LogP contribution is -2.26. The number of carbonyl (C=O) groups is 1. The zero-order chi connectivity index (χ0) is 22.1. The van der Waals surface area contributed by atoms with E-state index < -0.39 is 0 Å². The maximum Gasteiger partial charge on any atom is 0.255 e. The molecule has 0 aliphatic heterocycles. The first-order valence-electron chi connectivity index (χ1n) is 10.3. The molecule has 1 aromatic heterocycles. The van der Waals surface area contributed by atoms with E-state index in [1.165, 1.54) is 0 Å². The number of hydrogen-bond donors (Lipinski definition) is 2. The van der Waals surface area contributed by atoms with E-state index in [1.54, 1.807) is 18.3 Å². The van der Waals surface area contributed by atoms with Gasteiger partial charge in [-0.2, -0.15) is 0 Å². The van der Waals surface area contributed by atoms with Gasteiger partial charge >= 0.3 is 0 Å². The molecular formula is C24H26BrN3O3. The Morgan fingerprint density at radius 2 is 1.77 bits per heavy atom. The van der Waals surface area contributed by atoms with Crippen LogP contribution in [0.1, 0.15) is 29.8 Å². The summed E-state index contributed by atoms with van der Waals surface area (Å²) in [6.45, 7) is 5.51. The number of rotatable bonds is 10. The van der Waals surface area contributed by atoms with Crippen LogP contribution in [0.5, 0.6) is 11.5 Å². The lowest BCUT2D eigenvalue weighted by molar-refractivity contribution is 0.0954. The molecule has 0 unspecified atom stereocenters. The highest BCUT2D eigenvalue weighted by atomic mass is 79.9. The number of benzene rings is 2. The van der Waals surface area contributed by atoms with E-state index in [-0.39, 0.29) is 5.91 Å². The molecule has 162 valence electrons. The molecule has 31 heavy (non-hydrogen) atoms. The fraction of sp³-hybridized carbons (Fsp3) is 0.250. The van der Waals surface area contributed by atoms with Crippen molar-refractivity contribution in [2.24, 2.45) is 0 Å². The molecule has 1 heterocycles. The van der Waals surface area contributed by atoms with Crippen LogP contribution in [-0.4, -0.2) is 30.6 Å². The molecule has 3 rings (SSSR count). The highest BCUT2D eigenvalue weighted by Gasteiger charge is 2.13. The molecule has 6 nitrogen and oxygen atoms in total. The van der Waals surface area contributed by atoms with Crippen LogP contribution in [0, 0.1) is 0 Å². The summed E-state index contributed by atoms with van der Waals surface area (Å²) < 4.78 is 12.2. The largest absolute Gasteiger partial charge is 0.490 e. The highest BCUT2D eigenvalue weighted by Crippen LogP contribution is 2.29. The zero-order valence-corrected chi connectivity index (χ0v) is 19.2. The standard InChI is InChI=1S/C24H26BrN3O3/c1-3-30-21-12-11-17(16-22(21)31-4-2)13-15-27-24(29)18-8-7-14-26-23(18)28-20-10-6-5-9-19(20)25/h5-12,14,16H,3-4,13,15H2,1-2H3,(H,26,28)(H,27,29). The highest BCUT2D eigenvalue weighted by molar-refractivity contribution is 9.10. The number of para-hydroxylation sites is 1. The molecule has 2 aromatic carbocycles. The third-order valence-electron chi connectivity index (χ3n) is 4.49. The summed E-state index contributed by atoms with van der Waals surface area (Å²) in [7, 11) is 0. The van der Waals surface area contributed by atoms with Gasteiger partial charge in [-0.3, -0.25) is 4.79 Å². The van der Waals surface area contributed by atoms with E-state index in [4.69, 9.17) is 9.47 Å². The monoisotopic (exact) mass is 483 g/mol. The van der Waals surface area contributed by atoms with Crippen molar-refractivity contribution < 1.29 is 14.3 Å². The number of carbonyl (C=O) groups excluding carboxylic acids is 1. The zero-order valence-electron chi connectivity index (χ0n) is 17.7. The quantitative estimate of drug-likeness (QED) is 0.406. The molecular weight excluding hydrogens is 458 g/mol. The lowest BCUT2D eigenvalue weighted by atomic mass is 10.1. The Balaban J connectivity index is 1.64. The molecule has 0 bridgehead atoms. The Hall–Kier alpha value is -3.06. The Morgan fingerprint density at radius 1 is 1.00 bits per heavy atom. The number of hydrogen-bond acceptors (Lipinski definition) is 5. The average Bonchev–Trinajstić information content (AvgIpc) is 2.77. The van der Waals surface area contributed by atoms with Gasteiger partial charge in [-0.15, -0.1) is 0 Å². The Morgan fingerprint density at radius 3 is 2.55 bits per heavy atom. The SMILES string of the molecule is CCOc1ccc(CCNC(=O)c2cccnc2Nc2ccccc2Br)cc1OCC. The van der Waals surface area contributed by atoms with Crippen LogP contribution in [0.4, 0.5) is 11.5 Å². The fourth-order valence-corrected chi connectivity index (χ4v) is 3.43. The van der Waals surface area contributed by atoms with Crippen LogP contribution >= 0.6 is 15.9 Å². The molecule has 0 saturated carbocycles. The van der Waals surface area contributed by atoms with Gasteiger partial charge in [0.05, 0.1) is 24.5 Å². The molecule has 7 heteroatoms. The van der Waals surface area contributed by atoms with Crippen LogP contribution in [0.3, 0.4) is 0 Å². The first kappa shape index (κ1) is 22.6. The van der Waals surface area contributed by atoms with Crippen LogP contribution in [0.15, 0.2) is 65.3 Å². The van der Waals surface area contributed by atoms with E-state index in [2.05, 4.69) is 31.5 Å². The van der Waals surface area contributed by atoms with Gasteiger partial charge in [-0.05, 0) is 78.2 Å². The third kappa shape index (κ3) is 6.21. The molecule has 0 fully saturated rings. The number of nitrogens with zero attached hydrogens (tertiary/aromatic N) is 1. The minimum Gasteiger partial charge on any atom is -0.490 e. The van der Waals surface area contributed by atoms with Gasteiger partial charge in [0.15, 0.2) is 11.5 Å². The van der Waals surface area contributed by atoms with Gasteiger partial charge in [0.1, 0.15) is 5.82 Å². The second kappa shape index (κ2) is 11.4. The second-order valence-electron chi connectivity index (χ2n) is 6.66. The van der Waals surface area contributed by atoms with Crippen LogP contribution < -0.4 is 20.1 Å². The Labute approximate surface area is 191 Å². The molecule has 3 aromatic rings. The van der Waals surface area contributed by atoms with E-state index in [1.807, 2.05) is 56.3 Å². The lowest BCUT2D eigenvalue weighted by Gasteiger charge is -2.14. The van der Waals surface area contributed by atoms with Crippen LogP contribution in [0.25, 0.3) is 0 Å². The van der Waals surface area contributed by atoms with Crippen molar-refractivity contribution in [1.82, 2.24) is 10.3 Å². The molecule has 0 radical (unpaired) electrons. The van der Waals surface area contributed by atoms with Gasteiger partial charge in [-0.25, -0.2) is 4.98 Å². The van der Waals surface area contributed by atoms with Gasteiger partial charge < -0.3 is 20.1 Å². The third-order valence-corrected chi connectivity index (χ3v) is 5.18. The summed E-state index contributed by atoms with van der Waals surface area (Å²) >= 11 is 3.50. The van der Waals surface area contributed by atoms with Crippen molar-refractivity contribution in [2.45, 2.75) is 20.3 Å². The number of nitrogens with one attached hydrogen (secondary N) is 2. The van der Waals surface area contributed by atoms with Crippen LogP contribution in [0.2, 0.25) is 0 Å². The second-order valence-corrected chi connectivity index (χ2v) is 7.51. The summed E-state index contributed by atoms with van der Waals surface area (Å²) in [5, 5.41) is 6.20. The van der Waals surface area contributed by atoms with E-state index in [0.29, 0.717) is 37.6 Å². The number of anilines is 2. The molecule has 0 spiro atoms. The van der Waals surface area contributed by atoms with Crippen molar-refractivity contribution in [1.29, 1.82) is 0 Å². The number of halogens is 1. The molecule has 2 N–H and O–H groups in total. The summed E-state index contributed by atoms with van der Waals surface area (Å²) in [4.78, 5) is 17.1. The van der Waals surface area contributed by atoms with Crippen molar-refractivity contribution in [2.75, 3.05) is 25.1 Å². The molecule has 0 atom stereocenters. The van der Waals surface area contributed by atoms with Crippen molar-refractivity contribution in [3.8, 4) is 11.5 Å². The summed E-state index contributed by atoms with van der Waals surface area (Å²) in [6, 6.07) is 17.1. The number of amides is 1. The van der Waals surface area contributed by atoms with Crippen molar-refractivity contribution >= 4 is 33.3 Å². The minimum atomic E-state index is -0.182. The summed E-state index contributed by atoms with van der Waals surface area (Å²) in [5.74, 6) is 1.78. The molecule has 0 aliphatic rings. The van der Waals surface area contributed by atoms with Crippen molar-refractivity contribution in [3.63, 3.8) is 0 Å². The molecule has 0 saturated heterocycles. The maximum absolute atomic E-state index is 12.8. The van der Waals surface area contributed by atoms with Gasteiger partial charge in [0, 0.05) is 17.2 Å². The summed E-state index contributed by atoms with van der Waals surface area (Å²) in [6.07, 6.45) is 2.33. The smallest absolute Gasteiger partial charge is 0.255 e. The van der Waals surface area contributed by atoms with E-state index in [9.17, 15) is 4.79 Å². The van der Waals surface area contributed by atoms with Gasteiger partial charge in [0.25, 0.3) is 5.91 Å². The molecule has 1 amide bonds. The van der Waals surface area contributed by atoms with E-state index >= 15 is 0 Å². The normalized spacial score (nSPS) is 10.4. The predicted molar refractivity (Wildman–Crippen MR) is 126 cm³/mol. The topological polar surface area (TPSA) is 72.5 Å². The van der Waals surface area contributed by atoms with Gasteiger partial charge in [0.2, 0.25) is 0 Å². The summed E-state index contributed by atoms with van der Waals surface area (Å²) in [5.41, 5.74) is 2.39. The fourth-order valence-electron chi connectivity index (χ4n) is 3.04. The number of ether oxygens (including phenoxy) is 2. The average molecular weight is 484 g/mol. The minimum absolute atomic E-state index is 0.182. The number of aromatic nitrogens is 1.